The minimum atomic E-state index is -4.71. The molecule has 0 saturated heterocycles. The van der Waals surface area contributed by atoms with Gasteiger partial charge >= 0.3 is 12.1 Å². The van der Waals surface area contributed by atoms with Crippen LogP contribution in [0.15, 0.2) is 16.0 Å². The van der Waals surface area contributed by atoms with Crippen LogP contribution in [0.4, 0.5) is 13.2 Å². The summed E-state index contributed by atoms with van der Waals surface area (Å²) in [6.45, 7) is 1.67. The number of carbonyl (C=O) groups excluding carboxylic acids is 1. The van der Waals surface area contributed by atoms with Crippen LogP contribution in [-0.2, 0) is 15.7 Å². The van der Waals surface area contributed by atoms with Crippen molar-refractivity contribution in [3.05, 3.63) is 22.1 Å². The predicted octanol–water partition coefficient (Wildman–Crippen LogP) is 1.83. The summed E-state index contributed by atoms with van der Waals surface area (Å²) in [7, 11) is 1.17. The number of esters is 1. The van der Waals surface area contributed by atoms with Gasteiger partial charge in [-0.2, -0.15) is 13.2 Å². The van der Waals surface area contributed by atoms with Crippen molar-refractivity contribution in [1.29, 1.82) is 0 Å². The lowest BCUT2D eigenvalue weighted by Gasteiger charge is -2.12. The molecule has 0 aliphatic rings. The number of thioether (sulfide) groups is 1. The standard InChI is InChI=1S/C10H11F3N2O3S/c1-3-5(8(17)18-2)19-9-14-6(10(11,12)13)4-7(16)15-9/h4-5H,3H2,1-2H3,(H,14,15,16)/t5-/m0/s1. The first-order valence-corrected chi connectivity index (χ1v) is 6.09. The quantitative estimate of drug-likeness (QED) is 0.521. The second-order valence-corrected chi connectivity index (χ2v) is 4.66. The highest BCUT2D eigenvalue weighted by Crippen LogP contribution is 2.29. The van der Waals surface area contributed by atoms with Crippen LogP contribution in [0.25, 0.3) is 0 Å². The van der Waals surface area contributed by atoms with Crippen LogP contribution in [0, 0.1) is 0 Å². The van der Waals surface area contributed by atoms with Crippen molar-refractivity contribution in [2.24, 2.45) is 0 Å². The predicted molar refractivity (Wildman–Crippen MR) is 61.8 cm³/mol. The van der Waals surface area contributed by atoms with E-state index in [1.165, 1.54) is 7.11 Å². The molecule has 0 aliphatic heterocycles. The number of nitrogens with zero attached hydrogens (tertiary/aromatic N) is 1. The van der Waals surface area contributed by atoms with Gasteiger partial charge in [-0.05, 0) is 6.42 Å². The smallest absolute Gasteiger partial charge is 0.433 e. The second-order valence-electron chi connectivity index (χ2n) is 3.47. The Bertz CT molecular complexity index is 515. The van der Waals surface area contributed by atoms with E-state index in [1.54, 1.807) is 6.92 Å². The SMILES string of the molecule is CC[C@H](Sc1nc(C(F)(F)F)cc(=O)[nH]1)C(=O)OC. The number of hydrogen-bond donors (Lipinski definition) is 1. The molecule has 1 aromatic rings. The Hall–Kier alpha value is -1.51. The topological polar surface area (TPSA) is 72.0 Å². The van der Waals surface area contributed by atoms with Gasteiger partial charge in [-0.15, -0.1) is 0 Å². The van der Waals surface area contributed by atoms with Gasteiger partial charge in [0.25, 0.3) is 5.56 Å². The molecule has 1 atom stereocenters. The molecule has 1 rings (SSSR count). The minimum absolute atomic E-state index is 0.267. The maximum Gasteiger partial charge on any atom is 0.433 e. The van der Waals surface area contributed by atoms with Crippen LogP contribution >= 0.6 is 11.8 Å². The third-order valence-electron chi connectivity index (χ3n) is 2.10. The van der Waals surface area contributed by atoms with Crippen LogP contribution in [0.2, 0.25) is 0 Å². The molecular weight excluding hydrogens is 285 g/mol. The molecule has 0 saturated carbocycles. The summed E-state index contributed by atoms with van der Waals surface area (Å²) in [5.74, 6) is -0.590. The summed E-state index contributed by atoms with van der Waals surface area (Å²) in [5.41, 5.74) is -2.22. The van der Waals surface area contributed by atoms with E-state index in [0.29, 0.717) is 12.5 Å². The summed E-state index contributed by atoms with van der Waals surface area (Å²) in [5, 5.41) is -0.992. The van der Waals surface area contributed by atoms with Crippen LogP contribution in [0.3, 0.4) is 0 Å². The van der Waals surface area contributed by atoms with Crippen molar-refractivity contribution in [2.45, 2.75) is 29.9 Å². The van der Waals surface area contributed by atoms with E-state index in [9.17, 15) is 22.8 Å². The number of H-pyrrole nitrogens is 1. The lowest BCUT2D eigenvalue weighted by molar-refractivity contribution is -0.141. The normalized spacial score (nSPS) is 13.1. The molecule has 0 amide bonds. The number of hydrogen-bond acceptors (Lipinski definition) is 5. The highest BCUT2D eigenvalue weighted by Gasteiger charge is 2.34. The van der Waals surface area contributed by atoms with Crippen LogP contribution in [0.1, 0.15) is 19.0 Å². The van der Waals surface area contributed by atoms with E-state index in [4.69, 9.17) is 0 Å². The largest absolute Gasteiger partial charge is 0.468 e. The van der Waals surface area contributed by atoms with E-state index in [0.717, 1.165) is 11.8 Å². The zero-order valence-corrected chi connectivity index (χ0v) is 10.9. The van der Waals surface area contributed by atoms with Crippen molar-refractivity contribution >= 4 is 17.7 Å². The van der Waals surface area contributed by atoms with Crippen LogP contribution in [0.5, 0.6) is 0 Å². The van der Waals surface area contributed by atoms with Crippen LogP contribution < -0.4 is 5.56 Å². The summed E-state index contributed by atoms with van der Waals surface area (Å²) >= 11 is 0.725. The van der Waals surface area contributed by atoms with Crippen molar-refractivity contribution in [3.63, 3.8) is 0 Å². The lowest BCUT2D eigenvalue weighted by Crippen LogP contribution is -2.21. The molecule has 0 bridgehead atoms. The highest BCUT2D eigenvalue weighted by molar-refractivity contribution is 8.00. The van der Waals surface area contributed by atoms with Gasteiger partial charge in [0.2, 0.25) is 0 Å². The van der Waals surface area contributed by atoms with Crippen LogP contribution in [-0.4, -0.2) is 28.3 Å². The number of nitrogens with one attached hydrogen (secondary N) is 1. The highest BCUT2D eigenvalue weighted by atomic mass is 32.2. The number of halogens is 3. The van der Waals surface area contributed by atoms with Crippen molar-refractivity contribution in [3.8, 4) is 0 Å². The van der Waals surface area contributed by atoms with Gasteiger partial charge in [0, 0.05) is 6.07 Å². The van der Waals surface area contributed by atoms with E-state index in [-0.39, 0.29) is 5.16 Å². The summed E-state index contributed by atoms with van der Waals surface area (Å²) in [4.78, 5) is 27.9. The van der Waals surface area contributed by atoms with Crippen molar-refractivity contribution in [1.82, 2.24) is 9.97 Å². The van der Waals surface area contributed by atoms with E-state index >= 15 is 0 Å². The molecule has 0 fully saturated rings. The number of aromatic amines is 1. The maximum absolute atomic E-state index is 12.5. The van der Waals surface area contributed by atoms with Gasteiger partial charge in [-0.1, -0.05) is 18.7 Å². The first kappa shape index (κ1) is 15.5. The molecule has 1 N–H and O–H groups in total. The Morgan fingerprint density at radius 1 is 1.58 bits per heavy atom. The van der Waals surface area contributed by atoms with Crippen molar-refractivity contribution < 1.29 is 22.7 Å². The lowest BCUT2D eigenvalue weighted by atomic mass is 10.3. The molecule has 106 valence electrons. The average molecular weight is 296 g/mol. The Kier molecular flexibility index (Phi) is 4.98. The fraction of sp³-hybridized carbons (Fsp3) is 0.500. The minimum Gasteiger partial charge on any atom is -0.468 e. The Balaban J connectivity index is 3.05. The van der Waals surface area contributed by atoms with E-state index in [2.05, 4.69) is 14.7 Å². The molecule has 1 aromatic heterocycles. The number of rotatable bonds is 4. The Morgan fingerprint density at radius 3 is 2.68 bits per heavy atom. The molecule has 9 heteroatoms. The van der Waals surface area contributed by atoms with Gasteiger partial charge in [0.15, 0.2) is 10.9 Å². The molecule has 0 aliphatic carbocycles. The molecule has 1 heterocycles. The number of alkyl halides is 3. The fourth-order valence-electron chi connectivity index (χ4n) is 1.20. The van der Waals surface area contributed by atoms with Gasteiger partial charge < -0.3 is 9.72 Å². The monoisotopic (exact) mass is 296 g/mol. The molecule has 0 spiro atoms. The average Bonchev–Trinajstić information content (AvgIpc) is 2.33. The third-order valence-corrected chi connectivity index (χ3v) is 3.33. The zero-order valence-electron chi connectivity index (χ0n) is 10.1. The Labute approximate surface area is 110 Å². The Morgan fingerprint density at radius 2 is 2.21 bits per heavy atom. The van der Waals surface area contributed by atoms with Gasteiger partial charge in [-0.25, -0.2) is 4.98 Å². The van der Waals surface area contributed by atoms with Crippen molar-refractivity contribution in [2.75, 3.05) is 7.11 Å². The van der Waals surface area contributed by atoms with E-state index < -0.39 is 28.6 Å². The molecule has 0 unspecified atom stereocenters. The number of aromatic nitrogens is 2. The number of methoxy groups -OCH3 is 1. The van der Waals surface area contributed by atoms with Gasteiger partial charge in [0.1, 0.15) is 5.25 Å². The maximum atomic E-state index is 12.5. The summed E-state index contributed by atoms with van der Waals surface area (Å²) in [6, 6.07) is 0.364. The molecule has 19 heavy (non-hydrogen) atoms. The molecule has 0 radical (unpaired) electrons. The summed E-state index contributed by atoms with van der Waals surface area (Å²) in [6.07, 6.45) is -4.38. The number of carbonyl (C=O) groups is 1. The summed E-state index contributed by atoms with van der Waals surface area (Å²) < 4.78 is 41.9. The molecule has 5 nitrogen and oxygen atoms in total. The fourth-order valence-corrected chi connectivity index (χ4v) is 2.14. The van der Waals surface area contributed by atoms with Gasteiger partial charge in [-0.3, -0.25) is 9.59 Å². The second kappa shape index (κ2) is 6.09. The molecule has 0 aromatic carbocycles. The van der Waals surface area contributed by atoms with E-state index in [1.807, 2.05) is 0 Å². The third kappa shape index (κ3) is 4.27. The zero-order chi connectivity index (χ0) is 14.6. The first-order chi connectivity index (χ1) is 8.77. The number of ether oxygens (including phenoxy) is 1. The first-order valence-electron chi connectivity index (χ1n) is 5.21. The van der Waals surface area contributed by atoms with Gasteiger partial charge in [0.05, 0.1) is 7.11 Å². The molecular formula is C10H11F3N2O3S.